The molecule has 22 heavy (non-hydrogen) atoms. The third-order valence-electron chi connectivity index (χ3n) is 3.35. The number of anilines is 1. The number of aromatic nitrogens is 2. The number of nitrogens with one attached hydrogen (secondary N) is 1. The minimum absolute atomic E-state index is 0.176. The molecule has 2 rings (SSSR count). The van der Waals surface area contributed by atoms with Crippen LogP contribution in [0.1, 0.15) is 31.9 Å². The first-order chi connectivity index (χ1) is 10.3. The van der Waals surface area contributed by atoms with E-state index in [1.807, 2.05) is 0 Å². The molecule has 1 aromatic heterocycles. The van der Waals surface area contributed by atoms with Gasteiger partial charge in [0.2, 0.25) is 5.95 Å². The Morgan fingerprint density at radius 3 is 2.86 bits per heavy atom. The highest BCUT2D eigenvalue weighted by Crippen LogP contribution is 2.29. The van der Waals surface area contributed by atoms with Crippen LogP contribution in [0.15, 0.2) is 10.9 Å². The second kappa shape index (κ2) is 6.37. The van der Waals surface area contributed by atoms with Crippen molar-refractivity contribution in [2.24, 2.45) is 0 Å². The molecule has 0 bridgehead atoms. The number of hydrogen-bond acceptors (Lipinski definition) is 5. The lowest BCUT2D eigenvalue weighted by Gasteiger charge is -2.34. The molecule has 1 aromatic rings. The predicted molar refractivity (Wildman–Crippen MR) is 71.5 cm³/mol. The van der Waals surface area contributed by atoms with Crippen LogP contribution in [0.2, 0.25) is 0 Å². The van der Waals surface area contributed by atoms with Gasteiger partial charge >= 0.3 is 12.1 Å². The SMILES string of the molecule is CCOC(=O)C1CCCCN1c1nc(C(F)(F)F)cc(=O)[nH]1. The molecule has 1 atom stereocenters. The van der Waals surface area contributed by atoms with Gasteiger partial charge in [-0.25, -0.2) is 9.78 Å². The first-order valence-corrected chi connectivity index (χ1v) is 6.94. The van der Waals surface area contributed by atoms with Gasteiger partial charge in [0, 0.05) is 12.6 Å². The van der Waals surface area contributed by atoms with Crippen LogP contribution in [0.25, 0.3) is 0 Å². The maximum Gasteiger partial charge on any atom is 0.433 e. The van der Waals surface area contributed by atoms with E-state index >= 15 is 0 Å². The van der Waals surface area contributed by atoms with E-state index in [2.05, 4.69) is 9.97 Å². The van der Waals surface area contributed by atoms with Crippen LogP contribution in [-0.4, -0.2) is 35.1 Å². The number of alkyl halides is 3. The number of esters is 1. The topological polar surface area (TPSA) is 75.3 Å². The predicted octanol–water partition coefficient (Wildman–Crippen LogP) is 1.71. The molecule has 0 radical (unpaired) electrons. The summed E-state index contributed by atoms with van der Waals surface area (Å²) in [6.07, 6.45) is -2.84. The first-order valence-electron chi connectivity index (χ1n) is 6.94. The summed E-state index contributed by atoms with van der Waals surface area (Å²) >= 11 is 0. The summed E-state index contributed by atoms with van der Waals surface area (Å²) in [6, 6.07) is -0.340. The quantitative estimate of drug-likeness (QED) is 0.859. The third kappa shape index (κ3) is 3.58. The van der Waals surface area contributed by atoms with Gasteiger partial charge in [0.05, 0.1) is 6.61 Å². The molecule has 0 aliphatic carbocycles. The van der Waals surface area contributed by atoms with E-state index in [4.69, 9.17) is 4.74 Å². The van der Waals surface area contributed by atoms with Crippen molar-refractivity contribution in [3.8, 4) is 0 Å². The van der Waals surface area contributed by atoms with Crippen LogP contribution in [0, 0.1) is 0 Å². The lowest BCUT2D eigenvalue weighted by Crippen LogP contribution is -2.47. The Kier molecular flexibility index (Phi) is 4.72. The monoisotopic (exact) mass is 319 g/mol. The average Bonchev–Trinajstić information content (AvgIpc) is 2.46. The maximum atomic E-state index is 12.8. The fourth-order valence-corrected chi connectivity index (χ4v) is 2.39. The van der Waals surface area contributed by atoms with Crippen LogP contribution in [0.3, 0.4) is 0 Å². The summed E-state index contributed by atoms with van der Waals surface area (Å²) in [4.78, 5) is 30.5. The smallest absolute Gasteiger partial charge is 0.433 e. The fraction of sp³-hybridized carbons (Fsp3) is 0.615. The number of H-pyrrole nitrogens is 1. The molecule has 6 nitrogen and oxygen atoms in total. The second-order valence-corrected chi connectivity index (χ2v) is 4.91. The van der Waals surface area contributed by atoms with Gasteiger partial charge in [-0.15, -0.1) is 0 Å². The van der Waals surface area contributed by atoms with Crippen molar-refractivity contribution in [2.75, 3.05) is 18.1 Å². The molecule has 1 N–H and O–H groups in total. The number of ether oxygens (including phenoxy) is 1. The molecule has 1 aliphatic rings. The molecule has 9 heteroatoms. The molecule has 0 amide bonds. The van der Waals surface area contributed by atoms with Gasteiger partial charge in [-0.2, -0.15) is 13.2 Å². The van der Waals surface area contributed by atoms with E-state index in [1.54, 1.807) is 6.92 Å². The van der Waals surface area contributed by atoms with Gasteiger partial charge in [0.15, 0.2) is 5.69 Å². The normalized spacial score (nSPS) is 19.1. The van der Waals surface area contributed by atoms with Crippen LogP contribution >= 0.6 is 0 Å². The highest BCUT2D eigenvalue weighted by molar-refractivity contribution is 5.79. The Bertz CT molecular complexity index is 600. The van der Waals surface area contributed by atoms with Gasteiger partial charge in [0.1, 0.15) is 6.04 Å². The van der Waals surface area contributed by atoms with Crippen LogP contribution in [0.4, 0.5) is 19.1 Å². The Hall–Kier alpha value is -2.06. The number of carbonyl (C=O) groups is 1. The van der Waals surface area contributed by atoms with E-state index in [-0.39, 0.29) is 12.6 Å². The Morgan fingerprint density at radius 2 is 2.23 bits per heavy atom. The van der Waals surface area contributed by atoms with Crippen molar-refractivity contribution in [3.05, 3.63) is 22.1 Å². The molecule has 1 saturated heterocycles. The number of halogens is 3. The lowest BCUT2D eigenvalue weighted by atomic mass is 10.0. The van der Waals surface area contributed by atoms with E-state index in [0.29, 0.717) is 25.5 Å². The first kappa shape index (κ1) is 16.3. The summed E-state index contributed by atoms with van der Waals surface area (Å²) in [5, 5.41) is 0. The molecule has 1 fully saturated rings. The third-order valence-corrected chi connectivity index (χ3v) is 3.35. The lowest BCUT2D eigenvalue weighted by molar-refractivity contribution is -0.145. The minimum Gasteiger partial charge on any atom is -0.464 e. The molecule has 0 spiro atoms. The molecule has 122 valence electrons. The fourth-order valence-electron chi connectivity index (χ4n) is 2.39. The Morgan fingerprint density at radius 1 is 1.50 bits per heavy atom. The summed E-state index contributed by atoms with van der Waals surface area (Å²) < 4.78 is 43.2. The number of carbonyl (C=O) groups excluding carboxylic acids is 1. The molecular weight excluding hydrogens is 303 g/mol. The Labute approximate surface area is 124 Å². The van der Waals surface area contributed by atoms with E-state index < -0.39 is 29.4 Å². The van der Waals surface area contributed by atoms with Crippen molar-refractivity contribution in [2.45, 2.75) is 38.4 Å². The van der Waals surface area contributed by atoms with Gasteiger partial charge < -0.3 is 9.64 Å². The number of piperidine rings is 1. The molecule has 0 aromatic carbocycles. The molecular formula is C13H16F3N3O3. The summed E-state index contributed by atoms with van der Waals surface area (Å²) in [5.74, 6) is -0.778. The summed E-state index contributed by atoms with van der Waals surface area (Å²) in [5.41, 5.74) is -2.19. The highest BCUT2D eigenvalue weighted by Gasteiger charge is 2.36. The van der Waals surface area contributed by atoms with Gasteiger partial charge in [0.25, 0.3) is 5.56 Å². The van der Waals surface area contributed by atoms with Crippen molar-refractivity contribution < 1.29 is 22.7 Å². The van der Waals surface area contributed by atoms with Crippen molar-refractivity contribution in [1.82, 2.24) is 9.97 Å². The van der Waals surface area contributed by atoms with E-state index in [1.165, 1.54) is 4.90 Å². The van der Waals surface area contributed by atoms with Gasteiger partial charge in [-0.1, -0.05) is 0 Å². The zero-order chi connectivity index (χ0) is 16.3. The van der Waals surface area contributed by atoms with E-state index in [0.717, 1.165) is 6.42 Å². The Balaban J connectivity index is 2.37. The molecule has 1 unspecified atom stereocenters. The zero-order valence-electron chi connectivity index (χ0n) is 11.9. The number of rotatable bonds is 3. The van der Waals surface area contributed by atoms with Gasteiger partial charge in [-0.3, -0.25) is 9.78 Å². The van der Waals surface area contributed by atoms with Crippen LogP contribution < -0.4 is 10.5 Å². The van der Waals surface area contributed by atoms with E-state index in [9.17, 15) is 22.8 Å². The highest BCUT2D eigenvalue weighted by atomic mass is 19.4. The largest absolute Gasteiger partial charge is 0.464 e. The maximum absolute atomic E-state index is 12.8. The van der Waals surface area contributed by atoms with Crippen molar-refractivity contribution in [1.29, 1.82) is 0 Å². The molecule has 0 saturated carbocycles. The number of nitrogens with zero attached hydrogens (tertiary/aromatic N) is 2. The summed E-state index contributed by atoms with van der Waals surface area (Å²) in [6.45, 7) is 2.15. The average molecular weight is 319 g/mol. The van der Waals surface area contributed by atoms with Crippen molar-refractivity contribution in [3.63, 3.8) is 0 Å². The molecule has 2 heterocycles. The number of hydrogen-bond donors (Lipinski definition) is 1. The zero-order valence-corrected chi connectivity index (χ0v) is 11.9. The molecule has 1 aliphatic heterocycles. The minimum atomic E-state index is -4.72. The van der Waals surface area contributed by atoms with Crippen LogP contribution in [-0.2, 0) is 15.7 Å². The van der Waals surface area contributed by atoms with Crippen LogP contribution in [0.5, 0.6) is 0 Å². The van der Waals surface area contributed by atoms with Gasteiger partial charge in [-0.05, 0) is 26.2 Å². The summed E-state index contributed by atoms with van der Waals surface area (Å²) in [7, 11) is 0. The standard InChI is InChI=1S/C13H16F3N3O3/c1-2-22-11(21)8-5-3-4-6-19(8)12-17-9(13(14,15)16)7-10(20)18-12/h7-8H,2-6H2,1H3,(H,17,18,20). The second-order valence-electron chi connectivity index (χ2n) is 4.91. The number of aromatic amines is 1. The van der Waals surface area contributed by atoms with Crippen molar-refractivity contribution >= 4 is 11.9 Å².